The Morgan fingerprint density at radius 3 is 1.79 bits per heavy atom. The lowest BCUT2D eigenvalue weighted by atomic mass is 10.0. The first-order valence-corrected chi connectivity index (χ1v) is 12.1. The molecule has 0 aromatic heterocycles. The zero-order chi connectivity index (χ0) is 26.4. The Morgan fingerprint density at radius 2 is 1.32 bits per heavy atom. The van der Waals surface area contributed by atoms with E-state index in [1.54, 1.807) is 13.8 Å². The van der Waals surface area contributed by atoms with Gasteiger partial charge in [-0.15, -0.1) is 0 Å². The van der Waals surface area contributed by atoms with Crippen molar-refractivity contribution < 1.29 is 33.9 Å². The molecule has 0 bridgehead atoms. The third-order valence-electron chi connectivity index (χ3n) is 4.82. The maximum Gasteiger partial charge on any atom is 0.326 e. The molecule has 13 nitrogen and oxygen atoms in total. The summed E-state index contributed by atoms with van der Waals surface area (Å²) in [6.45, 7) is 3.30. The molecule has 0 aliphatic rings. The number of rotatable bonds is 17. The summed E-state index contributed by atoms with van der Waals surface area (Å²) in [6.07, 6.45) is 1.53. The summed E-state index contributed by atoms with van der Waals surface area (Å²) in [6, 6.07) is -4.55. The molecule has 0 aliphatic heterocycles. The van der Waals surface area contributed by atoms with Crippen LogP contribution in [0.25, 0.3) is 0 Å². The highest BCUT2D eigenvalue weighted by Crippen LogP contribution is 2.08. The zero-order valence-electron chi connectivity index (χ0n) is 19.7. The molecule has 0 aromatic rings. The van der Waals surface area contributed by atoms with Gasteiger partial charge in [-0.2, -0.15) is 11.8 Å². The van der Waals surface area contributed by atoms with Gasteiger partial charge in [-0.1, -0.05) is 13.8 Å². The molecule has 14 heteroatoms. The van der Waals surface area contributed by atoms with E-state index in [1.807, 2.05) is 6.26 Å². The van der Waals surface area contributed by atoms with Crippen molar-refractivity contribution in [1.82, 2.24) is 16.0 Å². The number of nitrogens with two attached hydrogens (primary N) is 3. The largest absolute Gasteiger partial charge is 0.480 e. The highest BCUT2D eigenvalue weighted by molar-refractivity contribution is 7.98. The van der Waals surface area contributed by atoms with Crippen molar-refractivity contribution in [3.8, 4) is 0 Å². The molecule has 0 fully saturated rings. The number of amides is 5. The van der Waals surface area contributed by atoms with Gasteiger partial charge in [0.2, 0.25) is 29.5 Å². The molecule has 34 heavy (non-hydrogen) atoms. The molecule has 0 saturated carbocycles. The third kappa shape index (κ3) is 12.4. The fourth-order valence-electron chi connectivity index (χ4n) is 2.81. The molecule has 5 amide bonds. The van der Waals surface area contributed by atoms with E-state index >= 15 is 0 Å². The number of thioether (sulfide) groups is 1. The summed E-state index contributed by atoms with van der Waals surface area (Å²) in [4.78, 5) is 71.3. The van der Waals surface area contributed by atoms with Crippen LogP contribution in [-0.4, -0.2) is 76.8 Å². The van der Waals surface area contributed by atoms with Crippen LogP contribution in [0.2, 0.25) is 0 Å². The quantitative estimate of drug-likeness (QED) is 0.113. The Labute approximate surface area is 202 Å². The number of carbonyl (C=O) groups is 6. The average Bonchev–Trinajstić information content (AvgIpc) is 2.74. The highest BCUT2D eigenvalue weighted by Gasteiger charge is 2.31. The highest BCUT2D eigenvalue weighted by atomic mass is 32.2. The van der Waals surface area contributed by atoms with Gasteiger partial charge in [0.15, 0.2) is 0 Å². The van der Waals surface area contributed by atoms with Crippen molar-refractivity contribution in [3.05, 3.63) is 0 Å². The van der Waals surface area contributed by atoms with Crippen LogP contribution in [0.4, 0.5) is 0 Å². The first-order chi connectivity index (χ1) is 15.8. The lowest BCUT2D eigenvalue weighted by Gasteiger charge is -2.27. The monoisotopic (exact) mass is 504 g/mol. The maximum atomic E-state index is 12.9. The number of carboxylic acid groups (broad SMARTS) is 1. The lowest BCUT2D eigenvalue weighted by molar-refractivity contribution is -0.143. The van der Waals surface area contributed by atoms with Gasteiger partial charge >= 0.3 is 5.97 Å². The molecule has 0 rings (SSSR count). The second-order valence-corrected chi connectivity index (χ2v) is 9.07. The SMILES string of the molecule is CSCCC(NC(=O)C(N)CCC(N)=O)C(=O)NC(C(=O)NC(CCC(N)=O)C(=O)O)C(C)C. The van der Waals surface area contributed by atoms with E-state index in [1.165, 1.54) is 11.8 Å². The predicted octanol–water partition coefficient (Wildman–Crippen LogP) is -2.21. The molecular weight excluding hydrogens is 468 g/mol. The first kappa shape index (κ1) is 31.1. The molecule has 0 spiro atoms. The smallest absolute Gasteiger partial charge is 0.326 e. The van der Waals surface area contributed by atoms with E-state index in [2.05, 4.69) is 16.0 Å². The Kier molecular flexibility index (Phi) is 14.5. The van der Waals surface area contributed by atoms with E-state index in [9.17, 15) is 33.9 Å². The van der Waals surface area contributed by atoms with Crippen molar-refractivity contribution >= 4 is 47.3 Å². The normalized spacial score (nSPS) is 14.4. The summed E-state index contributed by atoms with van der Waals surface area (Å²) >= 11 is 1.44. The van der Waals surface area contributed by atoms with Crippen LogP contribution in [0.3, 0.4) is 0 Å². The van der Waals surface area contributed by atoms with Gasteiger partial charge in [0.1, 0.15) is 18.1 Å². The van der Waals surface area contributed by atoms with E-state index in [0.29, 0.717) is 5.75 Å². The molecule has 0 heterocycles. The topological polar surface area (TPSA) is 237 Å². The summed E-state index contributed by atoms with van der Waals surface area (Å²) in [5.74, 6) is -4.64. The summed E-state index contributed by atoms with van der Waals surface area (Å²) in [7, 11) is 0. The minimum Gasteiger partial charge on any atom is -0.480 e. The standard InChI is InChI=1S/C20H36N6O7S/c1-10(2)16(19(31)25-13(20(32)33)5-7-15(23)28)26-18(30)12(8-9-34-3)24-17(29)11(21)4-6-14(22)27/h10-13,16H,4-9,21H2,1-3H3,(H2,22,27)(H2,23,28)(H,24,29)(H,25,31)(H,26,30)(H,32,33). The Morgan fingerprint density at radius 1 is 0.794 bits per heavy atom. The van der Waals surface area contributed by atoms with Crippen molar-refractivity contribution in [2.75, 3.05) is 12.0 Å². The minimum absolute atomic E-state index is 0.0109. The molecule has 194 valence electrons. The van der Waals surface area contributed by atoms with E-state index in [0.717, 1.165) is 0 Å². The number of nitrogens with one attached hydrogen (secondary N) is 3. The van der Waals surface area contributed by atoms with Crippen LogP contribution in [0.5, 0.6) is 0 Å². The van der Waals surface area contributed by atoms with Gasteiger partial charge in [0.25, 0.3) is 0 Å². The molecule has 4 atom stereocenters. The molecule has 10 N–H and O–H groups in total. The summed E-state index contributed by atoms with van der Waals surface area (Å²) in [5, 5.41) is 16.7. The average molecular weight is 505 g/mol. The van der Waals surface area contributed by atoms with Crippen LogP contribution in [0, 0.1) is 5.92 Å². The van der Waals surface area contributed by atoms with Gasteiger partial charge in [0, 0.05) is 12.8 Å². The van der Waals surface area contributed by atoms with Crippen LogP contribution < -0.4 is 33.2 Å². The lowest BCUT2D eigenvalue weighted by Crippen LogP contribution is -2.58. The van der Waals surface area contributed by atoms with Crippen molar-refractivity contribution in [3.63, 3.8) is 0 Å². The van der Waals surface area contributed by atoms with Crippen molar-refractivity contribution in [1.29, 1.82) is 0 Å². The zero-order valence-corrected chi connectivity index (χ0v) is 20.5. The second-order valence-electron chi connectivity index (χ2n) is 8.09. The van der Waals surface area contributed by atoms with E-state index < -0.39 is 65.6 Å². The Balaban J connectivity index is 5.36. The van der Waals surface area contributed by atoms with Crippen molar-refractivity contribution in [2.45, 2.75) is 70.1 Å². The molecule has 4 unspecified atom stereocenters. The number of hydrogen-bond acceptors (Lipinski definition) is 8. The van der Waals surface area contributed by atoms with Gasteiger partial charge in [-0.3, -0.25) is 24.0 Å². The molecule has 0 aromatic carbocycles. The van der Waals surface area contributed by atoms with Crippen LogP contribution in [-0.2, 0) is 28.8 Å². The summed E-state index contributed by atoms with van der Waals surface area (Å²) < 4.78 is 0. The number of hydrogen-bond donors (Lipinski definition) is 7. The first-order valence-electron chi connectivity index (χ1n) is 10.7. The summed E-state index contributed by atoms with van der Waals surface area (Å²) in [5.41, 5.74) is 15.9. The van der Waals surface area contributed by atoms with E-state index in [4.69, 9.17) is 17.2 Å². The molecular formula is C20H36N6O7S. The van der Waals surface area contributed by atoms with Crippen LogP contribution >= 0.6 is 11.8 Å². The Hall–Kier alpha value is -2.87. The number of carboxylic acids is 1. The molecule has 0 radical (unpaired) electrons. The van der Waals surface area contributed by atoms with Crippen LogP contribution in [0.1, 0.15) is 46.0 Å². The minimum atomic E-state index is -1.37. The third-order valence-corrected chi connectivity index (χ3v) is 5.47. The fraction of sp³-hybridized carbons (Fsp3) is 0.700. The van der Waals surface area contributed by atoms with E-state index in [-0.39, 0.29) is 32.1 Å². The van der Waals surface area contributed by atoms with Gasteiger partial charge in [0.05, 0.1) is 6.04 Å². The maximum absolute atomic E-state index is 12.9. The second kappa shape index (κ2) is 15.9. The van der Waals surface area contributed by atoms with Crippen molar-refractivity contribution in [2.24, 2.45) is 23.1 Å². The molecule has 0 aliphatic carbocycles. The van der Waals surface area contributed by atoms with Gasteiger partial charge in [-0.25, -0.2) is 4.79 Å². The number of aliphatic carboxylic acids is 1. The predicted molar refractivity (Wildman–Crippen MR) is 126 cm³/mol. The fourth-order valence-corrected chi connectivity index (χ4v) is 3.28. The number of carbonyl (C=O) groups excluding carboxylic acids is 5. The molecule has 0 saturated heterocycles. The van der Waals surface area contributed by atoms with Gasteiger partial charge < -0.3 is 38.3 Å². The van der Waals surface area contributed by atoms with Gasteiger partial charge in [-0.05, 0) is 37.2 Å². The number of primary amides is 2. The Bertz CT molecular complexity index is 749. The van der Waals surface area contributed by atoms with Crippen LogP contribution in [0.15, 0.2) is 0 Å².